The van der Waals surface area contributed by atoms with Gasteiger partial charge < -0.3 is 19.7 Å². The molecule has 0 aliphatic rings. The summed E-state index contributed by atoms with van der Waals surface area (Å²) in [4.78, 5) is 28.5. The zero-order chi connectivity index (χ0) is 30.0. The molecule has 3 aromatic carbocycles. The zero-order valence-electron chi connectivity index (χ0n) is 24.3. The third-order valence-corrected chi connectivity index (χ3v) is 8.32. The molecule has 0 saturated heterocycles. The van der Waals surface area contributed by atoms with Crippen LogP contribution in [-0.2, 0) is 26.2 Å². The highest BCUT2D eigenvalue weighted by molar-refractivity contribution is 7.92. The number of nitrogens with one attached hydrogen (secondary N) is 1. The number of sulfonamides is 1. The van der Waals surface area contributed by atoms with Crippen LogP contribution >= 0.6 is 0 Å². The van der Waals surface area contributed by atoms with Crippen LogP contribution in [0.2, 0.25) is 0 Å². The van der Waals surface area contributed by atoms with E-state index in [1.807, 2.05) is 13.8 Å². The van der Waals surface area contributed by atoms with Crippen molar-refractivity contribution in [2.75, 3.05) is 31.1 Å². The van der Waals surface area contributed by atoms with Gasteiger partial charge in [0.15, 0.2) is 0 Å². The molecule has 0 aliphatic carbocycles. The number of methoxy groups -OCH3 is 1. The van der Waals surface area contributed by atoms with E-state index in [-0.39, 0.29) is 23.0 Å². The topological polar surface area (TPSA) is 105 Å². The molecule has 10 heteroatoms. The Balaban J connectivity index is 2.06. The maximum Gasteiger partial charge on any atom is 0.264 e. The van der Waals surface area contributed by atoms with Crippen molar-refractivity contribution >= 4 is 27.5 Å². The second kappa shape index (κ2) is 14.5. The third kappa shape index (κ3) is 8.00. The number of hydrogen-bond donors (Lipinski definition) is 1. The van der Waals surface area contributed by atoms with Crippen LogP contribution in [0.1, 0.15) is 38.3 Å². The fourth-order valence-electron chi connectivity index (χ4n) is 4.20. The Hall–Kier alpha value is -4.05. The molecule has 0 bridgehead atoms. The third-order valence-electron chi connectivity index (χ3n) is 6.55. The first kappa shape index (κ1) is 31.5. The lowest BCUT2D eigenvalue weighted by Crippen LogP contribution is -2.51. The van der Waals surface area contributed by atoms with Crippen molar-refractivity contribution in [2.24, 2.45) is 0 Å². The summed E-state index contributed by atoms with van der Waals surface area (Å²) in [7, 11) is -2.63. The summed E-state index contributed by atoms with van der Waals surface area (Å²) in [5.41, 5.74) is 1.89. The van der Waals surface area contributed by atoms with Gasteiger partial charge in [-0.3, -0.25) is 13.9 Å². The molecule has 0 unspecified atom stereocenters. The van der Waals surface area contributed by atoms with Crippen molar-refractivity contribution < 1.29 is 27.5 Å². The lowest BCUT2D eigenvalue weighted by Gasteiger charge is -2.32. The maximum atomic E-state index is 14.0. The Morgan fingerprint density at radius 2 is 1.61 bits per heavy atom. The second-order valence-electron chi connectivity index (χ2n) is 9.56. The van der Waals surface area contributed by atoms with Gasteiger partial charge in [-0.25, -0.2) is 8.42 Å². The summed E-state index contributed by atoms with van der Waals surface area (Å²) in [6.45, 7) is 7.56. The predicted octanol–water partition coefficient (Wildman–Crippen LogP) is 4.54. The molecule has 1 N–H and O–H groups in total. The molecule has 9 nitrogen and oxygen atoms in total. The summed E-state index contributed by atoms with van der Waals surface area (Å²) < 4.78 is 40.1. The van der Waals surface area contributed by atoms with Crippen molar-refractivity contribution in [3.63, 3.8) is 0 Å². The Bertz CT molecular complexity index is 1410. The number of nitrogens with zero attached hydrogens (tertiary/aromatic N) is 2. The molecule has 0 aliphatic heterocycles. The highest BCUT2D eigenvalue weighted by atomic mass is 32.2. The SMILES string of the molecule is CCCNC(=O)[C@@H](C)N(Cc1ccc(OC)cc1)C(=O)CN(c1ccccc1OCC)S(=O)(=O)c1ccc(C)cc1. The van der Waals surface area contributed by atoms with Crippen LogP contribution in [0.4, 0.5) is 5.69 Å². The van der Waals surface area contributed by atoms with Gasteiger partial charge >= 0.3 is 0 Å². The number of ether oxygens (including phenoxy) is 2. The number of rotatable bonds is 14. The first-order valence-electron chi connectivity index (χ1n) is 13.6. The molecule has 1 atom stereocenters. The number of benzene rings is 3. The van der Waals surface area contributed by atoms with E-state index in [4.69, 9.17) is 9.47 Å². The minimum Gasteiger partial charge on any atom is -0.497 e. The van der Waals surface area contributed by atoms with Crippen LogP contribution in [-0.4, -0.2) is 58.0 Å². The highest BCUT2D eigenvalue weighted by Crippen LogP contribution is 2.33. The van der Waals surface area contributed by atoms with Crippen LogP contribution in [0.25, 0.3) is 0 Å². The minimum absolute atomic E-state index is 0.0395. The molecular weight excluding hydrogens is 542 g/mol. The van der Waals surface area contributed by atoms with Crippen molar-refractivity contribution in [1.29, 1.82) is 0 Å². The minimum atomic E-state index is -4.19. The van der Waals surface area contributed by atoms with Crippen LogP contribution in [0.3, 0.4) is 0 Å². The molecule has 0 fully saturated rings. The van der Waals surface area contributed by atoms with E-state index in [1.54, 1.807) is 81.6 Å². The molecule has 0 heterocycles. The molecule has 0 radical (unpaired) electrons. The van der Waals surface area contributed by atoms with Gasteiger partial charge in [-0.15, -0.1) is 0 Å². The van der Waals surface area contributed by atoms with E-state index in [0.717, 1.165) is 21.9 Å². The van der Waals surface area contributed by atoms with Crippen molar-refractivity contribution in [1.82, 2.24) is 10.2 Å². The van der Waals surface area contributed by atoms with E-state index in [9.17, 15) is 18.0 Å². The second-order valence-corrected chi connectivity index (χ2v) is 11.4. The van der Waals surface area contributed by atoms with E-state index < -0.39 is 28.5 Å². The van der Waals surface area contributed by atoms with E-state index in [0.29, 0.717) is 24.7 Å². The molecule has 220 valence electrons. The van der Waals surface area contributed by atoms with Crippen molar-refractivity contribution in [3.05, 3.63) is 83.9 Å². The quantitative estimate of drug-likeness (QED) is 0.300. The lowest BCUT2D eigenvalue weighted by atomic mass is 10.1. The predicted molar refractivity (Wildman–Crippen MR) is 160 cm³/mol. The molecule has 3 rings (SSSR count). The number of amides is 2. The van der Waals surface area contributed by atoms with Gasteiger partial charge in [0.2, 0.25) is 11.8 Å². The smallest absolute Gasteiger partial charge is 0.264 e. The summed E-state index contributed by atoms with van der Waals surface area (Å²) >= 11 is 0. The Morgan fingerprint density at radius 3 is 2.22 bits per heavy atom. The standard InChI is InChI=1S/C31H39N3O6S/c1-6-20-32-31(36)24(4)33(21-25-14-16-26(39-5)17-15-25)30(35)22-34(28-10-8-9-11-29(28)40-7-2)41(37,38)27-18-12-23(3)13-19-27/h8-19,24H,6-7,20-22H2,1-5H3,(H,32,36)/t24-/m1/s1. The van der Waals surface area contributed by atoms with Gasteiger partial charge in [0, 0.05) is 13.1 Å². The van der Waals surface area contributed by atoms with Gasteiger partial charge in [-0.1, -0.05) is 48.9 Å². The van der Waals surface area contributed by atoms with Crippen LogP contribution in [0.15, 0.2) is 77.7 Å². The average Bonchev–Trinajstić information content (AvgIpc) is 2.98. The normalized spacial score (nSPS) is 11.8. The average molecular weight is 582 g/mol. The summed E-state index contributed by atoms with van der Waals surface area (Å²) in [6.07, 6.45) is 0.738. The van der Waals surface area contributed by atoms with Crippen molar-refractivity contribution in [3.8, 4) is 11.5 Å². The van der Waals surface area contributed by atoms with E-state index in [2.05, 4.69) is 5.32 Å². The summed E-state index contributed by atoms with van der Waals surface area (Å²) in [6, 6.07) is 19.4. The lowest BCUT2D eigenvalue weighted by molar-refractivity contribution is -0.139. The molecular formula is C31H39N3O6S. The van der Waals surface area contributed by atoms with E-state index in [1.165, 1.54) is 17.0 Å². The number of hydrogen-bond acceptors (Lipinski definition) is 6. The van der Waals surface area contributed by atoms with Gasteiger partial charge in [-0.05, 0) is 69.2 Å². The summed E-state index contributed by atoms with van der Waals surface area (Å²) in [5, 5.41) is 2.84. The number of carbonyl (C=O) groups is 2. The number of carbonyl (C=O) groups excluding carboxylic acids is 2. The monoisotopic (exact) mass is 581 g/mol. The Labute approximate surface area is 243 Å². The molecule has 0 aromatic heterocycles. The first-order valence-corrected chi connectivity index (χ1v) is 15.1. The molecule has 3 aromatic rings. The Morgan fingerprint density at radius 1 is 0.951 bits per heavy atom. The molecule has 0 spiro atoms. The van der Waals surface area contributed by atoms with Crippen LogP contribution in [0, 0.1) is 6.92 Å². The molecule has 0 saturated carbocycles. The van der Waals surface area contributed by atoms with Crippen LogP contribution in [0.5, 0.6) is 11.5 Å². The fraction of sp³-hybridized carbons (Fsp3) is 0.355. The maximum absolute atomic E-state index is 14.0. The highest BCUT2D eigenvalue weighted by Gasteiger charge is 2.33. The molecule has 41 heavy (non-hydrogen) atoms. The number of anilines is 1. The van der Waals surface area contributed by atoms with Crippen molar-refractivity contribution in [2.45, 2.75) is 51.6 Å². The fourth-order valence-corrected chi connectivity index (χ4v) is 5.62. The summed E-state index contributed by atoms with van der Waals surface area (Å²) in [5.74, 6) is 0.121. The largest absolute Gasteiger partial charge is 0.497 e. The van der Waals surface area contributed by atoms with Gasteiger partial charge in [0.25, 0.3) is 10.0 Å². The van der Waals surface area contributed by atoms with Gasteiger partial charge in [-0.2, -0.15) is 0 Å². The van der Waals surface area contributed by atoms with Gasteiger partial charge in [0.1, 0.15) is 24.1 Å². The number of para-hydroxylation sites is 2. The van der Waals surface area contributed by atoms with E-state index >= 15 is 0 Å². The molecule has 2 amide bonds. The first-order chi connectivity index (χ1) is 19.6. The number of aryl methyl sites for hydroxylation is 1. The zero-order valence-corrected chi connectivity index (χ0v) is 25.1. The van der Waals surface area contributed by atoms with Gasteiger partial charge in [0.05, 0.1) is 24.3 Å². The Kier molecular flexibility index (Phi) is 11.2. The van der Waals surface area contributed by atoms with Crippen LogP contribution < -0.4 is 19.1 Å².